The van der Waals surface area contributed by atoms with Gasteiger partial charge in [-0.1, -0.05) is 23.7 Å². The van der Waals surface area contributed by atoms with Crippen molar-refractivity contribution in [1.82, 2.24) is 15.6 Å². The molecule has 0 saturated carbocycles. The molecule has 0 atom stereocenters. The molecule has 8 heteroatoms. The first-order valence-corrected chi connectivity index (χ1v) is 9.38. The standard InChI is InChI=1S/C20H28ClN5O.HI/c1-5-22-20(25-14-16-7-6-11-23-19(16)26(2)3)24-12-10-15-8-9-17(27-4)13-18(15)21;/h6-9,11,13H,5,10,12,14H2,1-4H3,(H2,22,24,25);1H. The summed E-state index contributed by atoms with van der Waals surface area (Å²) in [7, 11) is 5.60. The molecule has 0 spiro atoms. The zero-order valence-corrected chi connectivity index (χ0v) is 19.9. The number of methoxy groups -OCH3 is 1. The highest BCUT2D eigenvalue weighted by Gasteiger charge is 2.06. The molecule has 0 aliphatic carbocycles. The molecule has 0 aliphatic rings. The third-order valence-electron chi connectivity index (χ3n) is 3.99. The molecule has 1 aromatic heterocycles. The Kier molecular flexibility index (Phi) is 11.0. The quantitative estimate of drug-likeness (QED) is 0.317. The van der Waals surface area contributed by atoms with E-state index in [0.717, 1.165) is 48.2 Å². The van der Waals surface area contributed by atoms with Gasteiger partial charge in [-0.25, -0.2) is 9.98 Å². The summed E-state index contributed by atoms with van der Waals surface area (Å²) in [5.74, 6) is 2.47. The molecular weight excluding hydrogens is 489 g/mol. The van der Waals surface area contributed by atoms with Crippen molar-refractivity contribution in [3.8, 4) is 5.75 Å². The van der Waals surface area contributed by atoms with E-state index in [1.165, 1.54) is 0 Å². The summed E-state index contributed by atoms with van der Waals surface area (Å²) in [5.41, 5.74) is 2.15. The minimum atomic E-state index is 0. The molecule has 0 amide bonds. The topological polar surface area (TPSA) is 61.8 Å². The van der Waals surface area contributed by atoms with E-state index >= 15 is 0 Å². The Morgan fingerprint density at radius 2 is 2.00 bits per heavy atom. The molecule has 0 saturated heterocycles. The Labute approximate surface area is 189 Å². The maximum Gasteiger partial charge on any atom is 0.191 e. The Bertz CT molecular complexity index is 770. The Morgan fingerprint density at radius 1 is 1.21 bits per heavy atom. The van der Waals surface area contributed by atoms with E-state index in [2.05, 4.69) is 20.6 Å². The number of aliphatic imine (C=N–C) groups is 1. The largest absolute Gasteiger partial charge is 0.497 e. The van der Waals surface area contributed by atoms with Crippen molar-refractivity contribution in [2.45, 2.75) is 19.9 Å². The molecule has 0 fully saturated rings. The van der Waals surface area contributed by atoms with Crippen molar-refractivity contribution in [3.05, 3.63) is 52.7 Å². The number of pyridine rings is 1. The van der Waals surface area contributed by atoms with Gasteiger partial charge in [0.15, 0.2) is 5.96 Å². The lowest BCUT2D eigenvalue weighted by Gasteiger charge is -2.16. The molecule has 2 N–H and O–H groups in total. The predicted molar refractivity (Wildman–Crippen MR) is 129 cm³/mol. The molecule has 2 rings (SSSR count). The first kappa shape index (κ1) is 24.3. The average Bonchev–Trinajstić information content (AvgIpc) is 2.67. The fourth-order valence-corrected chi connectivity index (χ4v) is 2.90. The zero-order valence-electron chi connectivity index (χ0n) is 16.8. The Balaban J connectivity index is 0.00000392. The van der Waals surface area contributed by atoms with Crippen LogP contribution in [0.5, 0.6) is 5.75 Å². The molecule has 1 heterocycles. The van der Waals surface area contributed by atoms with Gasteiger partial charge in [-0.15, -0.1) is 24.0 Å². The summed E-state index contributed by atoms with van der Waals surface area (Å²) in [6.07, 6.45) is 2.59. The van der Waals surface area contributed by atoms with Gasteiger partial charge in [0.1, 0.15) is 11.6 Å². The summed E-state index contributed by atoms with van der Waals surface area (Å²) in [5, 5.41) is 7.34. The highest BCUT2D eigenvalue weighted by molar-refractivity contribution is 14.0. The molecule has 1 aromatic carbocycles. The number of halogens is 2. The van der Waals surface area contributed by atoms with Crippen LogP contribution in [0.3, 0.4) is 0 Å². The minimum absolute atomic E-state index is 0. The van der Waals surface area contributed by atoms with Gasteiger partial charge >= 0.3 is 0 Å². The van der Waals surface area contributed by atoms with Crippen molar-refractivity contribution in [3.63, 3.8) is 0 Å². The van der Waals surface area contributed by atoms with Crippen LogP contribution in [0, 0.1) is 0 Å². The summed E-state index contributed by atoms with van der Waals surface area (Å²) in [6.45, 7) is 4.13. The monoisotopic (exact) mass is 517 g/mol. The molecule has 28 heavy (non-hydrogen) atoms. The van der Waals surface area contributed by atoms with Gasteiger partial charge in [0.25, 0.3) is 0 Å². The third-order valence-corrected chi connectivity index (χ3v) is 4.34. The molecular formula is C20H29ClIN5O. The van der Waals surface area contributed by atoms with Gasteiger partial charge in [-0.05, 0) is 37.1 Å². The number of hydrogen-bond acceptors (Lipinski definition) is 4. The van der Waals surface area contributed by atoms with E-state index in [-0.39, 0.29) is 24.0 Å². The number of anilines is 1. The van der Waals surface area contributed by atoms with E-state index in [1.807, 2.05) is 56.3 Å². The highest BCUT2D eigenvalue weighted by atomic mass is 127. The predicted octanol–water partition coefficient (Wildman–Crippen LogP) is 3.73. The number of nitrogens with zero attached hydrogens (tertiary/aromatic N) is 3. The van der Waals surface area contributed by atoms with Crippen LogP contribution in [0.1, 0.15) is 18.1 Å². The van der Waals surface area contributed by atoms with Gasteiger partial charge in [0.05, 0.1) is 13.7 Å². The maximum atomic E-state index is 6.31. The van der Waals surface area contributed by atoms with Crippen molar-refractivity contribution in [2.24, 2.45) is 4.99 Å². The van der Waals surface area contributed by atoms with E-state index in [9.17, 15) is 0 Å². The van der Waals surface area contributed by atoms with Crippen LogP contribution in [0.2, 0.25) is 5.02 Å². The highest BCUT2D eigenvalue weighted by Crippen LogP contribution is 2.22. The van der Waals surface area contributed by atoms with Crippen LogP contribution in [0.4, 0.5) is 5.82 Å². The number of rotatable bonds is 8. The van der Waals surface area contributed by atoms with Crippen molar-refractivity contribution < 1.29 is 4.74 Å². The van der Waals surface area contributed by atoms with Crippen LogP contribution in [0.15, 0.2) is 41.5 Å². The lowest BCUT2D eigenvalue weighted by Crippen LogP contribution is -2.38. The Hall–Kier alpha value is -1.74. The molecule has 6 nitrogen and oxygen atoms in total. The Morgan fingerprint density at radius 3 is 2.64 bits per heavy atom. The van der Waals surface area contributed by atoms with Gasteiger partial charge < -0.3 is 20.3 Å². The molecule has 0 radical (unpaired) electrons. The molecule has 2 aromatic rings. The van der Waals surface area contributed by atoms with E-state index in [1.54, 1.807) is 13.3 Å². The number of ether oxygens (including phenoxy) is 1. The lowest BCUT2D eigenvalue weighted by atomic mass is 10.1. The van der Waals surface area contributed by atoms with Crippen LogP contribution in [-0.2, 0) is 13.0 Å². The number of nitrogens with one attached hydrogen (secondary N) is 2. The number of aromatic nitrogens is 1. The van der Waals surface area contributed by atoms with Gasteiger partial charge in [0.2, 0.25) is 0 Å². The van der Waals surface area contributed by atoms with Gasteiger partial charge in [-0.3, -0.25) is 0 Å². The molecule has 154 valence electrons. The van der Waals surface area contributed by atoms with E-state index in [4.69, 9.17) is 16.3 Å². The summed E-state index contributed by atoms with van der Waals surface area (Å²) < 4.78 is 5.19. The number of guanidine groups is 1. The average molecular weight is 518 g/mol. The van der Waals surface area contributed by atoms with Crippen molar-refractivity contribution in [1.29, 1.82) is 0 Å². The number of benzene rings is 1. The van der Waals surface area contributed by atoms with E-state index < -0.39 is 0 Å². The number of hydrogen-bond donors (Lipinski definition) is 2. The molecule has 0 unspecified atom stereocenters. The van der Waals surface area contributed by atoms with Crippen molar-refractivity contribution in [2.75, 3.05) is 39.2 Å². The van der Waals surface area contributed by atoms with Crippen molar-refractivity contribution >= 4 is 47.4 Å². The zero-order chi connectivity index (χ0) is 19.6. The van der Waals surface area contributed by atoms with Crippen LogP contribution in [-0.4, -0.2) is 45.2 Å². The van der Waals surface area contributed by atoms with Crippen LogP contribution in [0.25, 0.3) is 0 Å². The maximum absolute atomic E-state index is 6.31. The molecule has 0 bridgehead atoms. The fraction of sp³-hybridized carbons (Fsp3) is 0.400. The SMILES string of the molecule is CCNC(=NCc1cccnc1N(C)C)NCCc1ccc(OC)cc1Cl.I. The minimum Gasteiger partial charge on any atom is -0.497 e. The first-order valence-electron chi connectivity index (χ1n) is 9.01. The fourth-order valence-electron chi connectivity index (χ4n) is 2.64. The van der Waals surface area contributed by atoms with Crippen LogP contribution >= 0.6 is 35.6 Å². The molecule has 0 aliphatic heterocycles. The smallest absolute Gasteiger partial charge is 0.191 e. The van der Waals surface area contributed by atoms with Crippen LogP contribution < -0.4 is 20.3 Å². The second-order valence-electron chi connectivity index (χ2n) is 6.21. The summed E-state index contributed by atoms with van der Waals surface area (Å²) in [6, 6.07) is 9.73. The van der Waals surface area contributed by atoms with Gasteiger partial charge in [-0.2, -0.15) is 0 Å². The van der Waals surface area contributed by atoms with E-state index in [0.29, 0.717) is 11.6 Å². The first-order chi connectivity index (χ1) is 13.0. The second kappa shape index (κ2) is 12.7. The summed E-state index contributed by atoms with van der Waals surface area (Å²) in [4.78, 5) is 11.1. The van der Waals surface area contributed by atoms with Gasteiger partial charge in [0, 0.05) is 44.0 Å². The second-order valence-corrected chi connectivity index (χ2v) is 6.62. The summed E-state index contributed by atoms with van der Waals surface area (Å²) >= 11 is 6.31. The lowest BCUT2D eigenvalue weighted by molar-refractivity contribution is 0.414. The third kappa shape index (κ3) is 7.35. The normalized spacial score (nSPS) is 10.8.